The molecule has 3 aromatic rings. The van der Waals surface area contributed by atoms with Crippen LogP contribution in [0.3, 0.4) is 0 Å². The van der Waals surface area contributed by atoms with Gasteiger partial charge in [-0.15, -0.1) is 20.4 Å². The SMILES string of the molecule is Nc1n[nH]c(-c2nn3c(C4CCC4)nnc3s2)n1. The molecule has 8 nitrogen and oxygen atoms in total. The monoisotopic (exact) mass is 262 g/mol. The van der Waals surface area contributed by atoms with Crippen molar-refractivity contribution in [2.75, 3.05) is 5.73 Å². The largest absolute Gasteiger partial charge is 0.366 e. The molecule has 0 aromatic carbocycles. The summed E-state index contributed by atoms with van der Waals surface area (Å²) in [5, 5.41) is 20.1. The highest BCUT2D eigenvalue weighted by Crippen LogP contribution is 2.36. The molecular weight excluding hydrogens is 252 g/mol. The quantitative estimate of drug-likeness (QED) is 0.707. The van der Waals surface area contributed by atoms with E-state index >= 15 is 0 Å². The number of aromatic nitrogens is 7. The van der Waals surface area contributed by atoms with Crippen LogP contribution in [0.15, 0.2) is 0 Å². The van der Waals surface area contributed by atoms with Gasteiger partial charge in [-0.25, -0.2) is 0 Å². The third kappa shape index (κ3) is 1.33. The number of aromatic amines is 1. The van der Waals surface area contributed by atoms with E-state index in [1.54, 1.807) is 0 Å². The molecule has 0 aliphatic heterocycles. The molecule has 4 rings (SSSR count). The number of hydrogen-bond donors (Lipinski definition) is 2. The average Bonchev–Trinajstić information content (AvgIpc) is 2.92. The van der Waals surface area contributed by atoms with Crippen molar-refractivity contribution in [1.29, 1.82) is 0 Å². The van der Waals surface area contributed by atoms with Crippen molar-refractivity contribution < 1.29 is 0 Å². The summed E-state index contributed by atoms with van der Waals surface area (Å²) in [5.74, 6) is 2.23. The number of rotatable bonds is 2. The van der Waals surface area contributed by atoms with Crippen LogP contribution in [0.2, 0.25) is 0 Å². The van der Waals surface area contributed by atoms with E-state index in [-0.39, 0.29) is 5.95 Å². The van der Waals surface area contributed by atoms with E-state index in [4.69, 9.17) is 5.73 Å². The first-order valence-electron chi connectivity index (χ1n) is 5.71. The summed E-state index contributed by atoms with van der Waals surface area (Å²) in [5.41, 5.74) is 5.48. The average molecular weight is 262 g/mol. The molecule has 0 saturated heterocycles. The summed E-state index contributed by atoms with van der Waals surface area (Å²) in [6.45, 7) is 0. The lowest BCUT2D eigenvalue weighted by Crippen LogP contribution is -2.13. The normalized spacial score (nSPS) is 16.2. The summed E-state index contributed by atoms with van der Waals surface area (Å²) in [4.78, 5) is 4.84. The van der Waals surface area contributed by atoms with Gasteiger partial charge in [-0.2, -0.15) is 9.50 Å². The van der Waals surface area contributed by atoms with E-state index in [9.17, 15) is 0 Å². The topological polar surface area (TPSA) is 111 Å². The van der Waals surface area contributed by atoms with Crippen LogP contribution >= 0.6 is 11.3 Å². The highest BCUT2D eigenvalue weighted by molar-refractivity contribution is 7.19. The molecule has 3 heterocycles. The van der Waals surface area contributed by atoms with Gasteiger partial charge < -0.3 is 5.73 Å². The second kappa shape index (κ2) is 3.48. The van der Waals surface area contributed by atoms with Crippen LogP contribution in [-0.2, 0) is 0 Å². The Morgan fingerprint density at radius 1 is 1.33 bits per heavy atom. The first-order chi connectivity index (χ1) is 8.81. The number of fused-ring (bicyclic) bond motifs is 1. The van der Waals surface area contributed by atoms with E-state index in [1.165, 1.54) is 30.6 Å². The van der Waals surface area contributed by atoms with Crippen molar-refractivity contribution in [3.05, 3.63) is 5.82 Å². The fraction of sp³-hybridized carbons (Fsp3) is 0.444. The highest BCUT2D eigenvalue weighted by atomic mass is 32.1. The molecular formula is C9H10N8S. The molecule has 1 aliphatic carbocycles. The third-order valence-corrected chi connectivity index (χ3v) is 4.10. The van der Waals surface area contributed by atoms with Gasteiger partial charge in [0.15, 0.2) is 16.7 Å². The van der Waals surface area contributed by atoms with Crippen molar-refractivity contribution in [3.63, 3.8) is 0 Å². The predicted octanol–water partition coefficient (Wildman–Crippen LogP) is 0.821. The maximum absolute atomic E-state index is 5.48. The number of nitrogen functional groups attached to an aromatic ring is 1. The number of hydrogen-bond acceptors (Lipinski definition) is 7. The lowest BCUT2D eigenvalue weighted by atomic mass is 9.85. The molecule has 3 aromatic heterocycles. The number of anilines is 1. The second-order valence-electron chi connectivity index (χ2n) is 4.33. The minimum absolute atomic E-state index is 0.218. The van der Waals surface area contributed by atoms with Crippen LogP contribution in [0.5, 0.6) is 0 Å². The molecule has 0 radical (unpaired) electrons. The molecule has 1 aliphatic rings. The molecule has 18 heavy (non-hydrogen) atoms. The van der Waals surface area contributed by atoms with Gasteiger partial charge in [-0.05, 0) is 12.8 Å². The van der Waals surface area contributed by atoms with Gasteiger partial charge in [0, 0.05) is 5.92 Å². The number of H-pyrrole nitrogens is 1. The molecule has 92 valence electrons. The van der Waals surface area contributed by atoms with Gasteiger partial charge in [-0.1, -0.05) is 17.8 Å². The third-order valence-electron chi connectivity index (χ3n) is 3.19. The Bertz CT molecular complexity index is 705. The summed E-state index contributed by atoms with van der Waals surface area (Å²) in [6.07, 6.45) is 3.60. The number of nitrogens with zero attached hydrogens (tertiary/aromatic N) is 6. The molecule has 0 amide bonds. The summed E-state index contributed by atoms with van der Waals surface area (Å²) < 4.78 is 1.81. The molecule has 0 atom stereocenters. The Balaban J connectivity index is 1.81. The molecule has 3 N–H and O–H groups in total. The van der Waals surface area contributed by atoms with Gasteiger partial charge in [0.2, 0.25) is 10.9 Å². The molecule has 9 heteroatoms. The second-order valence-corrected chi connectivity index (χ2v) is 5.29. The summed E-state index contributed by atoms with van der Waals surface area (Å²) >= 11 is 1.43. The fourth-order valence-corrected chi connectivity index (χ4v) is 2.81. The van der Waals surface area contributed by atoms with E-state index in [0.29, 0.717) is 11.7 Å². The van der Waals surface area contributed by atoms with Gasteiger partial charge >= 0.3 is 0 Å². The van der Waals surface area contributed by atoms with Crippen molar-refractivity contribution >= 4 is 22.2 Å². The van der Waals surface area contributed by atoms with Crippen LogP contribution in [0.1, 0.15) is 31.0 Å². The summed E-state index contributed by atoms with van der Waals surface area (Å²) in [6, 6.07) is 0. The maximum Gasteiger partial charge on any atom is 0.239 e. The first-order valence-corrected chi connectivity index (χ1v) is 6.53. The lowest BCUT2D eigenvalue weighted by Gasteiger charge is -2.22. The van der Waals surface area contributed by atoms with Crippen molar-refractivity contribution in [3.8, 4) is 10.8 Å². The van der Waals surface area contributed by atoms with E-state index in [0.717, 1.165) is 15.8 Å². The zero-order valence-corrected chi connectivity index (χ0v) is 10.2. The predicted molar refractivity (Wildman–Crippen MR) is 65.0 cm³/mol. The Morgan fingerprint density at radius 2 is 2.22 bits per heavy atom. The molecule has 0 spiro atoms. The molecule has 0 unspecified atom stereocenters. The Kier molecular flexibility index (Phi) is 1.92. The fourth-order valence-electron chi connectivity index (χ4n) is 2.02. The molecule has 1 saturated carbocycles. The van der Waals surface area contributed by atoms with Crippen molar-refractivity contribution in [2.45, 2.75) is 25.2 Å². The van der Waals surface area contributed by atoms with Crippen molar-refractivity contribution in [2.24, 2.45) is 0 Å². The standard InChI is InChI=1S/C9H10N8S/c10-8-11-5(12-14-8)7-16-17-6(4-2-1-3-4)13-15-9(17)18-7/h4H,1-3H2,(H3,10,11,12,14). The Hall–Kier alpha value is -2.03. The van der Waals surface area contributed by atoms with Crippen LogP contribution in [-0.4, -0.2) is 35.0 Å². The summed E-state index contributed by atoms with van der Waals surface area (Å²) in [7, 11) is 0. The Labute approximate surface area is 105 Å². The van der Waals surface area contributed by atoms with Gasteiger partial charge in [0.25, 0.3) is 0 Å². The van der Waals surface area contributed by atoms with Crippen LogP contribution in [0.25, 0.3) is 15.8 Å². The zero-order valence-electron chi connectivity index (χ0n) is 9.37. The molecule has 1 fully saturated rings. The zero-order chi connectivity index (χ0) is 12.1. The van der Waals surface area contributed by atoms with Gasteiger partial charge in [0.1, 0.15) is 0 Å². The minimum Gasteiger partial charge on any atom is -0.366 e. The smallest absolute Gasteiger partial charge is 0.239 e. The molecule has 0 bridgehead atoms. The van der Waals surface area contributed by atoms with E-state index in [1.807, 2.05) is 4.52 Å². The highest BCUT2D eigenvalue weighted by Gasteiger charge is 2.26. The number of nitrogens with two attached hydrogens (primary N) is 1. The maximum atomic E-state index is 5.48. The minimum atomic E-state index is 0.218. The number of nitrogens with one attached hydrogen (secondary N) is 1. The van der Waals surface area contributed by atoms with Gasteiger partial charge in [0.05, 0.1) is 0 Å². The van der Waals surface area contributed by atoms with E-state index < -0.39 is 0 Å². The van der Waals surface area contributed by atoms with Gasteiger partial charge in [-0.3, -0.25) is 5.10 Å². The van der Waals surface area contributed by atoms with Crippen LogP contribution in [0.4, 0.5) is 5.95 Å². The lowest BCUT2D eigenvalue weighted by molar-refractivity contribution is 0.395. The Morgan fingerprint density at radius 3 is 2.89 bits per heavy atom. The van der Waals surface area contributed by atoms with E-state index in [2.05, 4.69) is 30.5 Å². The first kappa shape index (κ1) is 9.95. The van der Waals surface area contributed by atoms with Crippen LogP contribution in [0, 0.1) is 0 Å². The van der Waals surface area contributed by atoms with Crippen molar-refractivity contribution in [1.82, 2.24) is 35.0 Å². The van der Waals surface area contributed by atoms with Crippen LogP contribution < -0.4 is 5.73 Å².